The minimum Gasteiger partial charge on any atom is -0.396 e. The maximum absolute atomic E-state index is 12.7. The van der Waals surface area contributed by atoms with Crippen molar-refractivity contribution >= 4 is 29.9 Å². The monoisotopic (exact) mass is 452 g/mol. The van der Waals surface area contributed by atoms with E-state index in [9.17, 15) is 13.2 Å². The molecule has 2 N–H and O–H groups in total. The van der Waals surface area contributed by atoms with Crippen LogP contribution in [0, 0.1) is 5.92 Å². The first-order valence-electron chi connectivity index (χ1n) is 7.74. The molecule has 0 aromatic carbocycles. The van der Waals surface area contributed by atoms with E-state index in [4.69, 9.17) is 5.11 Å². The van der Waals surface area contributed by atoms with Crippen LogP contribution >= 0.6 is 24.0 Å². The minimum atomic E-state index is -4.18. The molecular weight excluding hydrogens is 424 g/mol. The van der Waals surface area contributed by atoms with Gasteiger partial charge in [0.1, 0.15) is 6.04 Å². The Balaban J connectivity index is 0.00000484. The zero-order valence-corrected chi connectivity index (χ0v) is 16.3. The number of aliphatic hydroxyl groups excluding tert-OH is 1. The molecular formula is C14H28F3IN4O. The number of aliphatic imine (C=N–C) groups is 1. The van der Waals surface area contributed by atoms with Gasteiger partial charge in [0.25, 0.3) is 0 Å². The minimum absolute atomic E-state index is 0. The average molecular weight is 452 g/mol. The molecule has 138 valence electrons. The van der Waals surface area contributed by atoms with Crippen molar-refractivity contribution in [2.75, 3.05) is 45.9 Å². The number of alkyl halides is 3. The summed E-state index contributed by atoms with van der Waals surface area (Å²) in [4.78, 5) is 7.89. The topological polar surface area (TPSA) is 51.1 Å². The van der Waals surface area contributed by atoms with Crippen LogP contribution < -0.4 is 5.32 Å². The molecule has 1 fully saturated rings. The molecule has 0 aromatic heterocycles. The number of halogens is 4. The number of hydrogen-bond donors (Lipinski definition) is 2. The molecule has 0 bridgehead atoms. The molecule has 0 saturated carbocycles. The molecule has 1 aliphatic heterocycles. The summed E-state index contributed by atoms with van der Waals surface area (Å²) >= 11 is 0. The molecule has 0 radical (unpaired) electrons. The van der Waals surface area contributed by atoms with Gasteiger partial charge in [0.05, 0.1) is 0 Å². The SMILES string of the molecule is CCNC(=NCC(C)CO)N1CCN(C(C)C(F)(F)F)CC1.I. The molecule has 9 heteroatoms. The fraction of sp³-hybridized carbons (Fsp3) is 0.929. The molecule has 5 nitrogen and oxygen atoms in total. The Kier molecular flexibility index (Phi) is 10.4. The molecule has 0 aromatic rings. The van der Waals surface area contributed by atoms with Crippen molar-refractivity contribution in [3.05, 3.63) is 0 Å². The number of piperazine rings is 1. The zero-order valence-electron chi connectivity index (χ0n) is 13.9. The third kappa shape index (κ3) is 7.42. The van der Waals surface area contributed by atoms with E-state index in [1.807, 2.05) is 18.7 Å². The lowest BCUT2D eigenvalue weighted by Gasteiger charge is -2.39. The van der Waals surface area contributed by atoms with Crippen LogP contribution in [0.5, 0.6) is 0 Å². The maximum atomic E-state index is 12.7. The molecule has 1 saturated heterocycles. The summed E-state index contributed by atoms with van der Waals surface area (Å²) < 4.78 is 38.2. The van der Waals surface area contributed by atoms with Gasteiger partial charge in [-0.25, -0.2) is 0 Å². The normalized spacial score (nSPS) is 20.0. The summed E-state index contributed by atoms with van der Waals surface area (Å²) in [5, 5.41) is 12.2. The zero-order chi connectivity index (χ0) is 16.8. The highest BCUT2D eigenvalue weighted by molar-refractivity contribution is 14.0. The Morgan fingerprint density at radius 3 is 2.22 bits per heavy atom. The molecule has 0 aliphatic carbocycles. The van der Waals surface area contributed by atoms with Gasteiger partial charge in [0, 0.05) is 45.9 Å². The van der Waals surface area contributed by atoms with Crippen molar-refractivity contribution in [1.82, 2.24) is 15.1 Å². The van der Waals surface area contributed by atoms with E-state index in [0.717, 1.165) is 0 Å². The van der Waals surface area contributed by atoms with Crippen molar-refractivity contribution in [3.8, 4) is 0 Å². The highest BCUT2D eigenvalue weighted by Gasteiger charge is 2.41. The van der Waals surface area contributed by atoms with Gasteiger partial charge in [-0.15, -0.1) is 24.0 Å². The molecule has 2 unspecified atom stereocenters. The van der Waals surface area contributed by atoms with E-state index >= 15 is 0 Å². The summed E-state index contributed by atoms with van der Waals surface area (Å²) in [5.41, 5.74) is 0. The highest BCUT2D eigenvalue weighted by Crippen LogP contribution is 2.25. The molecule has 0 amide bonds. The Bertz CT molecular complexity index is 360. The number of nitrogens with zero attached hydrogens (tertiary/aromatic N) is 3. The van der Waals surface area contributed by atoms with Crippen LogP contribution in [0.4, 0.5) is 13.2 Å². The first-order chi connectivity index (χ1) is 10.3. The van der Waals surface area contributed by atoms with E-state index in [1.165, 1.54) is 11.8 Å². The standard InChI is InChI=1S/C14H27F3N4O.HI/c1-4-18-13(19-9-11(2)10-22)21-7-5-20(6-8-21)12(3)14(15,16)17;/h11-12,22H,4-10H2,1-3H3,(H,18,19);1H. The van der Waals surface area contributed by atoms with Gasteiger partial charge in [0.15, 0.2) is 5.96 Å². The largest absolute Gasteiger partial charge is 0.403 e. The molecule has 0 spiro atoms. The first-order valence-corrected chi connectivity index (χ1v) is 7.74. The fourth-order valence-electron chi connectivity index (χ4n) is 2.25. The lowest BCUT2D eigenvalue weighted by atomic mass is 10.2. The van der Waals surface area contributed by atoms with E-state index in [-0.39, 0.29) is 36.5 Å². The molecule has 1 heterocycles. The predicted octanol–water partition coefficient (Wildman–Crippen LogP) is 1.77. The van der Waals surface area contributed by atoms with Crippen LogP contribution in [0.15, 0.2) is 4.99 Å². The van der Waals surface area contributed by atoms with Crippen molar-refractivity contribution in [3.63, 3.8) is 0 Å². The number of guanidine groups is 1. The van der Waals surface area contributed by atoms with Crippen molar-refractivity contribution < 1.29 is 18.3 Å². The third-order valence-corrected chi connectivity index (χ3v) is 3.83. The van der Waals surface area contributed by atoms with Gasteiger partial charge < -0.3 is 15.3 Å². The average Bonchev–Trinajstić information content (AvgIpc) is 2.49. The van der Waals surface area contributed by atoms with Crippen LogP contribution in [0.3, 0.4) is 0 Å². The van der Waals surface area contributed by atoms with Gasteiger partial charge in [-0.3, -0.25) is 9.89 Å². The second-order valence-electron chi connectivity index (χ2n) is 5.72. The van der Waals surface area contributed by atoms with Gasteiger partial charge >= 0.3 is 6.18 Å². The van der Waals surface area contributed by atoms with Crippen LogP contribution in [-0.2, 0) is 0 Å². The van der Waals surface area contributed by atoms with E-state index in [2.05, 4.69) is 10.3 Å². The lowest BCUT2D eigenvalue weighted by molar-refractivity contribution is -0.181. The van der Waals surface area contributed by atoms with Gasteiger partial charge in [0.2, 0.25) is 0 Å². The Labute approximate surface area is 153 Å². The van der Waals surface area contributed by atoms with Crippen LogP contribution in [-0.4, -0.2) is 79.0 Å². The number of nitrogens with one attached hydrogen (secondary N) is 1. The van der Waals surface area contributed by atoms with Crippen LogP contribution in [0.2, 0.25) is 0 Å². The molecule has 1 aliphatic rings. The van der Waals surface area contributed by atoms with Crippen molar-refractivity contribution in [2.45, 2.75) is 33.0 Å². The Morgan fingerprint density at radius 1 is 1.22 bits per heavy atom. The fourth-order valence-corrected chi connectivity index (χ4v) is 2.25. The van der Waals surface area contributed by atoms with E-state index in [1.54, 1.807) is 0 Å². The highest BCUT2D eigenvalue weighted by atomic mass is 127. The third-order valence-electron chi connectivity index (χ3n) is 3.83. The summed E-state index contributed by atoms with van der Waals surface area (Å²) in [5.74, 6) is 0.780. The van der Waals surface area contributed by atoms with Gasteiger partial charge in [-0.1, -0.05) is 6.92 Å². The van der Waals surface area contributed by atoms with E-state index in [0.29, 0.717) is 45.2 Å². The second kappa shape index (κ2) is 10.5. The summed E-state index contributed by atoms with van der Waals surface area (Å²) in [6, 6.07) is -1.41. The summed E-state index contributed by atoms with van der Waals surface area (Å²) in [6.07, 6.45) is -4.18. The lowest BCUT2D eigenvalue weighted by Crippen LogP contribution is -2.56. The van der Waals surface area contributed by atoms with Crippen molar-refractivity contribution in [2.24, 2.45) is 10.9 Å². The number of hydrogen-bond acceptors (Lipinski definition) is 3. The molecule has 1 rings (SSSR count). The maximum Gasteiger partial charge on any atom is 0.403 e. The van der Waals surface area contributed by atoms with Gasteiger partial charge in [-0.05, 0) is 19.8 Å². The van der Waals surface area contributed by atoms with Crippen LogP contribution in [0.1, 0.15) is 20.8 Å². The first kappa shape index (κ1) is 22.7. The quantitative estimate of drug-likeness (QED) is 0.380. The molecule has 2 atom stereocenters. The number of rotatable bonds is 5. The smallest absolute Gasteiger partial charge is 0.396 e. The predicted molar refractivity (Wildman–Crippen MR) is 96.3 cm³/mol. The summed E-state index contributed by atoms with van der Waals surface area (Å²) in [6.45, 7) is 8.07. The second-order valence-corrected chi connectivity index (χ2v) is 5.72. The Hall–Kier alpha value is -0.290. The van der Waals surface area contributed by atoms with Gasteiger partial charge in [-0.2, -0.15) is 13.2 Å². The van der Waals surface area contributed by atoms with Crippen molar-refractivity contribution in [1.29, 1.82) is 0 Å². The molecule has 23 heavy (non-hydrogen) atoms. The van der Waals surface area contributed by atoms with E-state index < -0.39 is 12.2 Å². The Morgan fingerprint density at radius 2 is 1.78 bits per heavy atom. The summed E-state index contributed by atoms with van der Waals surface area (Å²) in [7, 11) is 0. The number of aliphatic hydroxyl groups is 1. The van der Waals surface area contributed by atoms with Crippen LogP contribution in [0.25, 0.3) is 0 Å².